The van der Waals surface area contributed by atoms with E-state index in [1.807, 2.05) is 36.4 Å². The van der Waals surface area contributed by atoms with E-state index in [1.165, 1.54) is 50.1 Å². The largest absolute Gasteiger partial charge is 0.456 e. The SMILES string of the molecule is c1ccc(-c2ccc(-c3nc(-c4ccccc4)nc(-c4cccc(-c5ccc6oc7cc8c(cc7c6c5)C5(c6ccccc6-c6ccccc65)c5ccccc5-8)c4)n3)cc2)cc1. The van der Waals surface area contributed by atoms with E-state index in [2.05, 4.69) is 176 Å². The number of furan rings is 1. The van der Waals surface area contributed by atoms with Gasteiger partial charge >= 0.3 is 0 Å². The highest BCUT2D eigenvalue weighted by atomic mass is 16.3. The Kier molecular flexibility index (Phi) is 7.49. The zero-order valence-electron chi connectivity index (χ0n) is 33.5. The van der Waals surface area contributed by atoms with Crippen LogP contribution in [0.15, 0.2) is 217 Å². The molecule has 0 amide bonds. The van der Waals surface area contributed by atoms with Crippen LogP contribution in [0.25, 0.3) is 101 Å². The quantitative estimate of drug-likeness (QED) is 0.174. The van der Waals surface area contributed by atoms with Crippen LogP contribution in [0.4, 0.5) is 0 Å². The van der Waals surface area contributed by atoms with Crippen molar-refractivity contribution >= 4 is 21.9 Å². The van der Waals surface area contributed by atoms with Crippen LogP contribution in [0.3, 0.4) is 0 Å². The van der Waals surface area contributed by atoms with Gasteiger partial charge in [-0.2, -0.15) is 0 Å². The average Bonchev–Trinajstić information content (AvgIpc) is 3.97. The zero-order chi connectivity index (χ0) is 40.8. The smallest absolute Gasteiger partial charge is 0.164 e. The number of nitrogens with zero attached hydrogens (tertiary/aromatic N) is 3. The molecule has 0 saturated heterocycles. The van der Waals surface area contributed by atoms with E-state index in [-0.39, 0.29) is 0 Å². The van der Waals surface area contributed by atoms with Gasteiger partial charge in [0, 0.05) is 27.5 Å². The van der Waals surface area contributed by atoms with Gasteiger partial charge in [-0.1, -0.05) is 182 Å². The van der Waals surface area contributed by atoms with Crippen molar-refractivity contribution in [2.75, 3.05) is 0 Å². The molecule has 0 radical (unpaired) electrons. The first-order valence-corrected chi connectivity index (χ1v) is 21.1. The van der Waals surface area contributed by atoms with Gasteiger partial charge in [-0.3, -0.25) is 0 Å². The van der Waals surface area contributed by atoms with E-state index >= 15 is 0 Å². The van der Waals surface area contributed by atoms with Gasteiger partial charge in [0.15, 0.2) is 17.5 Å². The first-order valence-electron chi connectivity index (χ1n) is 21.1. The molecule has 288 valence electrons. The molecular formula is C58H35N3O. The number of benzene rings is 9. The zero-order valence-corrected chi connectivity index (χ0v) is 33.5. The van der Waals surface area contributed by atoms with Gasteiger partial charge < -0.3 is 4.42 Å². The topological polar surface area (TPSA) is 51.8 Å². The molecule has 0 N–H and O–H groups in total. The fourth-order valence-electron chi connectivity index (χ4n) is 10.2. The summed E-state index contributed by atoms with van der Waals surface area (Å²) in [7, 11) is 0. The number of fused-ring (bicyclic) bond motifs is 13. The third kappa shape index (κ3) is 5.10. The fourth-order valence-corrected chi connectivity index (χ4v) is 10.2. The minimum atomic E-state index is -0.422. The molecule has 0 atom stereocenters. The summed E-state index contributed by atoms with van der Waals surface area (Å²) in [4.78, 5) is 15.2. The van der Waals surface area contributed by atoms with Crippen molar-refractivity contribution in [3.8, 4) is 78.7 Å². The van der Waals surface area contributed by atoms with E-state index in [4.69, 9.17) is 19.4 Å². The molecule has 4 heteroatoms. The van der Waals surface area contributed by atoms with Crippen LogP contribution in [0.1, 0.15) is 22.3 Å². The lowest BCUT2D eigenvalue weighted by atomic mass is 9.70. The second kappa shape index (κ2) is 13.4. The molecule has 2 aliphatic rings. The highest BCUT2D eigenvalue weighted by molar-refractivity contribution is 6.10. The third-order valence-electron chi connectivity index (χ3n) is 13.0. The van der Waals surface area contributed by atoms with Crippen LogP contribution < -0.4 is 0 Å². The second-order valence-electron chi connectivity index (χ2n) is 16.3. The van der Waals surface area contributed by atoms with Gasteiger partial charge in [0.2, 0.25) is 0 Å². The Hall–Kier alpha value is -8.21. The molecule has 2 aliphatic carbocycles. The van der Waals surface area contributed by atoms with Gasteiger partial charge in [-0.25, -0.2) is 15.0 Å². The van der Waals surface area contributed by atoms with Crippen LogP contribution in [0.2, 0.25) is 0 Å². The van der Waals surface area contributed by atoms with Gasteiger partial charge in [0.05, 0.1) is 5.41 Å². The number of hydrogen-bond acceptors (Lipinski definition) is 4. The summed E-state index contributed by atoms with van der Waals surface area (Å²) in [6.07, 6.45) is 0. The van der Waals surface area contributed by atoms with E-state index in [0.29, 0.717) is 17.5 Å². The van der Waals surface area contributed by atoms with Crippen molar-refractivity contribution in [3.63, 3.8) is 0 Å². The van der Waals surface area contributed by atoms with Crippen LogP contribution in [-0.2, 0) is 5.41 Å². The standard InChI is InChI=1S/C58H35N3O/c1-3-14-36(15-4-1)37-26-28-39(29-27-37)56-59-55(38-16-5-2-6-17-38)60-57(61-56)42-19-13-18-40(32-42)41-30-31-53-47(33-41)48-34-52-46(35-54(48)62-53)45-22-9-12-25-51(45)58(52)49-23-10-7-20-43(49)44-21-8-11-24-50(44)58/h1-35H. The van der Waals surface area contributed by atoms with Crippen LogP contribution in [0.5, 0.6) is 0 Å². The maximum Gasteiger partial charge on any atom is 0.164 e. The van der Waals surface area contributed by atoms with Crippen LogP contribution in [0, 0.1) is 0 Å². The minimum absolute atomic E-state index is 0.422. The normalized spacial score (nSPS) is 13.0. The van der Waals surface area contributed by atoms with Gasteiger partial charge in [-0.15, -0.1) is 0 Å². The molecule has 62 heavy (non-hydrogen) atoms. The van der Waals surface area contributed by atoms with Crippen molar-refractivity contribution in [1.82, 2.24) is 15.0 Å². The van der Waals surface area contributed by atoms with Crippen LogP contribution in [-0.4, -0.2) is 15.0 Å². The van der Waals surface area contributed by atoms with Crippen LogP contribution >= 0.6 is 0 Å². The number of rotatable bonds is 5. The van der Waals surface area contributed by atoms with Gasteiger partial charge in [-0.05, 0) is 97.1 Å². The second-order valence-corrected chi connectivity index (χ2v) is 16.3. The Morgan fingerprint density at radius 1 is 0.274 bits per heavy atom. The Morgan fingerprint density at radius 3 is 1.35 bits per heavy atom. The summed E-state index contributed by atoms with van der Waals surface area (Å²) in [5, 5.41) is 2.20. The van der Waals surface area contributed by atoms with E-state index in [9.17, 15) is 0 Å². The molecule has 4 nitrogen and oxygen atoms in total. The summed E-state index contributed by atoms with van der Waals surface area (Å²) in [6, 6.07) is 75.5. The molecule has 11 aromatic rings. The fraction of sp³-hybridized carbons (Fsp3) is 0.0172. The molecule has 2 aromatic heterocycles. The molecule has 1 spiro atoms. The summed E-state index contributed by atoms with van der Waals surface area (Å²) >= 11 is 0. The molecule has 0 bridgehead atoms. The molecule has 0 unspecified atom stereocenters. The predicted molar refractivity (Wildman–Crippen MR) is 251 cm³/mol. The van der Waals surface area contributed by atoms with Crippen molar-refractivity contribution in [1.29, 1.82) is 0 Å². The van der Waals surface area contributed by atoms with Crippen molar-refractivity contribution in [3.05, 3.63) is 235 Å². The molecule has 9 aromatic carbocycles. The summed E-state index contributed by atoms with van der Waals surface area (Å²) in [5.74, 6) is 1.88. The van der Waals surface area contributed by atoms with Gasteiger partial charge in [0.25, 0.3) is 0 Å². The van der Waals surface area contributed by atoms with Gasteiger partial charge in [0.1, 0.15) is 11.2 Å². The van der Waals surface area contributed by atoms with Crippen molar-refractivity contribution in [2.45, 2.75) is 5.41 Å². The van der Waals surface area contributed by atoms with E-state index < -0.39 is 5.41 Å². The Morgan fingerprint density at radius 2 is 0.710 bits per heavy atom. The molecule has 0 saturated carbocycles. The highest BCUT2D eigenvalue weighted by Crippen LogP contribution is 2.63. The molecule has 2 heterocycles. The van der Waals surface area contributed by atoms with Crippen molar-refractivity contribution in [2.24, 2.45) is 0 Å². The maximum absolute atomic E-state index is 6.68. The lowest BCUT2D eigenvalue weighted by molar-refractivity contribution is 0.669. The Bertz CT molecular complexity index is 3530. The first-order chi connectivity index (χ1) is 30.7. The lowest BCUT2D eigenvalue weighted by Gasteiger charge is -2.30. The monoisotopic (exact) mass is 789 g/mol. The van der Waals surface area contributed by atoms with E-state index in [1.54, 1.807) is 0 Å². The first kappa shape index (κ1) is 34.6. The highest BCUT2D eigenvalue weighted by Gasteiger charge is 2.51. The Labute approximate surface area is 358 Å². The van der Waals surface area contributed by atoms with Crippen molar-refractivity contribution < 1.29 is 4.42 Å². The predicted octanol–water partition coefficient (Wildman–Crippen LogP) is 14.4. The molecule has 0 aliphatic heterocycles. The minimum Gasteiger partial charge on any atom is -0.456 e. The Balaban J connectivity index is 0.940. The van der Waals surface area contributed by atoms with E-state index in [0.717, 1.165) is 55.3 Å². The summed E-state index contributed by atoms with van der Waals surface area (Å²) in [6.45, 7) is 0. The average molecular weight is 790 g/mol. The molecular weight excluding hydrogens is 755 g/mol. The number of aromatic nitrogens is 3. The maximum atomic E-state index is 6.68. The molecule has 13 rings (SSSR count). The lowest BCUT2D eigenvalue weighted by Crippen LogP contribution is -2.25. The molecule has 0 fully saturated rings. The summed E-state index contributed by atoms with van der Waals surface area (Å²) in [5.41, 5.74) is 19.0. The summed E-state index contributed by atoms with van der Waals surface area (Å²) < 4.78 is 6.68. The third-order valence-corrected chi connectivity index (χ3v) is 13.0. The number of hydrogen-bond donors (Lipinski definition) is 0.